The average molecular weight is 302 g/mol. The summed E-state index contributed by atoms with van der Waals surface area (Å²) in [6.07, 6.45) is 2.87. The fourth-order valence-electron chi connectivity index (χ4n) is 2.50. The summed E-state index contributed by atoms with van der Waals surface area (Å²) >= 11 is 0. The van der Waals surface area contributed by atoms with Crippen LogP contribution in [0.5, 0.6) is 0 Å². The van der Waals surface area contributed by atoms with Gasteiger partial charge in [0, 0.05) is 32.6 Å². The number of amides is 1. The SMILES string of the molecule is CCNC(=NCCC(=O)NCc1ccccc1)N1CCCC1. The maximum absolute atomic E-state index is 11.9. The van der Waals surface area contributed by atoms with E-state index in [9.17, 15) is 4.79 Å². The Morgan fingerprint density at radius 2 is 1.91 bits per heavy atom. The van der Waals surface area contributed by atoms with Crippen LogP contribution < -0.4 is 10.6 Å². The molecule has 1 amide bonds. The number of benzene rings is 1. The number of guanidine groups is 1. The maximum atomic E-state index is 11.9. The van der Waals surface area contributed by atoms with Gasteiger partial charge in [-0.1, -0.05) is 30.3 Å². The fourth-order valence-corrected chi connectivity index (χ4v) is 2.50. The first-order valence-electron chi connectivity index (χ1n) is 8.13. The zero-order valence-corrected chi connectivity index (χ0v) is 13.3. The van der Waals surface area contributed by atoms with Crippen LogP contribution >= 0.6 is 0 Å². The summed E-state index contributed by atoms with van der Waals surface area (Å²) in [4.78, 5) is 18.7. The molecule has 0 spiro atoms. The Balaban J connectivity index is 1.73. The number of rotatable bonds is 6. The molecule has 5 nitrogen and oxygen atoms in total. The van der Waals surface area contributed by atoms with Crippen molar-refractivity contribution < 1.29 is 4.79 Å². The van der Waals surface area contributed by atoms with E-state index in [2.05, 4.69) is 27.4 Å². The van der Waals surface area contributed by atoms with Gasteiger partial charge in [-0.15, -0.1) is 0 Å². The van der Waals surface area contributed by atoms with Crippen molar-refractivity contribution in [1.29, 1.82) is 0 Å². The lowest BCUT2D eigenvalue weighted by atomic mass is 10.2. The predicted molar refractivity (Wildman–Crippen MR) is 89.7 cm³/mol. The molecule has 1 aliphatic heterocycles. The molecule has 0 radical (unpaired) electrons. The second-order valence-corrected chi connectivity index (χ2v) is 5.44. The Labute approximate surface area is 132 Å². The zero-order chi connectivity index (χ0) is 15.6. The lowest BCUT2D eigenvalue weighted by Crippen LogP contribution is -2.39. The largest absolute Gasteiger partial charge is 0.357 e. The molecule has 0 unspecified atom stereocenters. The van der Waals surface area contributed by atoms with E-state index in [0.29, 0.717) is 19.5 Å². The van der Waals surface area contributed by atoms with Crippen molar-refractivity contribution in [2.45, 2.75) is 32.7 Å². The van der Waals surface area contributed by atoms with Gasteiger partial charge >= 0.3 is 0 Å². The van der Waals surface area contributed by atoms with E-state index in [1.807, 2.05) is 30.3 Å². The first kappa shape index (κ1) is 16.3. The van der Waals surface area contributed by atoms with Crippen LogP contribution in [0.25, 0.3) is 0 Å². The quantitative estimate of drug-likeness (QED) is 0.622. The molecule has 0 aromatic heterocycles. The lowest BCUT2D eigenvalue weighted by Gasteiger charge is -2.20. The molecular formula is C17H26N4O. The van der Waals surface area contributed by atoms with Gasteiger partial charge in [0.05, 0.1) is 6.54 Å². The van der Waals surface area contributed by atoms with Crippen LogP contribution in [-0.2, 0) is 11.3 Å². The highest BCUT2D eigenvalue weighted by molar-refractivity contribution is 5.81. The summed E-state index contributed by atoms with van der Waals surface area (Å²) in [7, 11) is 0. The van der Waals surface area contributed by atoms with Crippen molar-refractivity contribution in [3.63, 3.8) is 0 Å². The van der Waals surface area contributed by atoms with Crippen molar-refractivity contribution in [2.75, 3.05) is 26.2 Å². The summed E-state index contributed by atoms with van der Waals surface area (Å²) in [5.41, 5.74) is 1.12. The highest BCUT2D eigenvalue weighted by Crippen LogP contribution is 2.07. The third-order valence-electron chi connectivity index (χ3n) is 3.67. The number of likely N-dealkylation sites (tertiary alicyclic amines) is 1. The maximum Gasteiger partial charge on any atom is 0.222 e. The Morgan fingerprint density at radius 3 is 2.59 bits per heavy atom. The topological polar surface area (TPSA) is 56.7 Å². The van der Waals surface area contributed by atoms with E-state index in [0.717, 1.165) is 31.2 Å². The summed E-state index contributed by atoms with van der Waals surface area (Å²) in [5.74, 6) is 0.987. The summed E-state index contributed by atoms with van der Waals surface area (Å²) < 4.78 is 0. The first-order chi connectivity index (χ1) is 10.8. The van der Waals surface area contributed by atoms with E-state index >= 15 is 0 Å². The highest BCUT2D eigenvalue weighted by Gasteiger charge is 2.15. The number of nitrogens with one attached hydrogen (secondary N) is 2. The van der Waals surface area contributed by atoms with E-state index in [1.165, 1.54) is 12.8 Å². The molecule has 0 atom stereocenters. The standard InChI is InChI=1S/C17H26N4O/c1-2-18-17(21-12-6-7-13-21)19-11-10-16(22)20-14-15-8-4-3-5-9-15/h3-5,8-9H,2,6-7,10-14H2,1H3,(H,18,19)(H,20,22). The minimum atomic E-state index is 0.0462. The number of carbonyl (C=O) groups is 1. The highest BCUT2D eigenvalue weighted by atomic mass is 16.1. The molecule has 1 aromatic rings. The van der Waals surface area contributed by atoms with Crippen molar-refractivity contribution in [3.8, 4) is 0 Å². The van der Waals surface area contributed by atoms with Gasteiger partial charge in [0.25, 0.3) is 0 Å². The molecule has 5 heteroatoms. The van der Waals surface area contributed by atoms with Gasteiger partial charge in [-0.05, 0) is 25.3 Å². The normalized spacial score (nSPS) is 15.0. The average Bonchev–Trinajstić information content (AvgIpc) is 3.07. The van der Waals surface area contributed by atoms with Crippen LogP contribution in [0.1, 0.15) is 31.7 Å². The number of hydrogen-bond donors (Lipinski definition) is 2. The van der Waals surface area contributed by atoms with Crippen molar-refractivity contribution in [1.82, 2.24) is 15.5 Å². The number of nitrogens with zero attached hydrogens (tertiary/aromatic N) is 2. The first-order valence-corrected chi connectivity index (χ1v) is 8.13. The van der Waals surface area contributed by atoms with Crippen LogP contribution in [0.3, 0.4) is 0 Å². The van der Waals surface area contributed by atoms with Crippen LogP contribution in [0.2, 0.25) is 0 Å². The molecule has 1 aromatic carbocycles. The minimum absolute atomic E-state index is 0.0462. The molecule has 0 bridgehead atoms. The third-order valence-corrected chi connectivity index (χ3v) is 3.67. The Hall–Kier alpha value is -2.04. The predicted octanol–water partition coefficient (Wildman–Crippen LogP) is 1.75. The second-order valence-electron chi connectivity index (χ2n) is 5.44. The monoisotopic (exact) mass is 302 g/mol. The third kappa shape index (κ3) is 5.39. The molecule has 22 heavy (non-hydrogen) atoms. The van der Waals surface area contributed by atoms with Gasteiger partial charge in [-0.25, -0.2) is 0 Å². The molecule has 120 valence electrons. The number of aliphatic imine (C=N–C) groups is 1. The van der Waals surface area contributed by atoms with Gasteiger partial charge in [0.15, 0.2) is 5.96 Å². The molecule has 1 aliphatic rings. The van der Waals surface area contributed by atoms with Crippen LogP contribution in [-0.4, -0.2) is 42.9 Å². The van der Waals surface area contributed by atoms with Crippen molar-refractivity contribution >= 4 is 11.9 Å². The molecule has 0 saturated carbocycles. The Bertz CT molecular complexity index is 481. The smallest absolute Gasteiger partial charge is 0.222 e. The molecule has 2 rings (SSSR count). The Kier molecular flexibility index (Phi) is 6.74. The molecule has 0 aliphatic carbocycles. The van der Waals surface area contributed by atoms with Gasteiger partial charge in [0.1, 0.15) is 0 Å². The Morgan fingerprint density at radius 1 is 1.18 bits per heavy atom. The van der Waals surface area contributed by atoms with Crippen LogP contribution in [0.4, 0.5) is 0 Å². The van der Waals surface area contributed by atoms with Crippen molar-refractivity contribution in [2.24, 2.45) is 4.99 Å². The van der Waals surface area contributed by atoms with Gasteiger partial charge in [0.2, 0.25) is 5.91 Å². The number of carbonyl (C=O) groups excluding carboxylic acids is 1. The second kappa shape index (κ2) is 9.07. The minimum Gasteiger partial charge on any atom is -0.357 e. The molecule has 1 heterocycles. The zero-order valence-electron chi connectivity index (χ0n) is 13.3. The summed E-state index contributed by atoms with van der Waals surface area (Å²) in [6.45, 7) is 6.15. The van der Waals surface area contributed by atoms with E-state index < -0.39 is 0 Å². The van der Waals surface area contributed by atoms with E-state index in [-0.39, 0.29) is 5.91 Å². The van der Waals surface area contributed by atoms with Gasteiger partial charge in [-0.2, -0.15) is 0 Å². The lowest BCUT2D eigenvalue weighted by molar-refractivity contribution is -0.121. The molecule has 1 saturated heterocycles. The molecule has 1 fully saturated rings. The molecule has 2 N–H and O–H groups in total. The van der Waals surface area contributed by atoms with Crippen molar-refractivity contribution in [3.05, 3.63) is 35.9 Å². The van der Waals surface area contributed by atoms with Gasteiger partial charge in [-0.3, -0.25) is 9.79 Å². The summed E-state index contributed by atoms with van der Waals surface area (Å²) in [5, 5.41) is 6.23. The number of hydrogen-bond acceptors (Lipinski definition) is 2. The molecular weight excluding hydrogens is 276 g/mol. The fraction of sp³-hybridized carbons (Fsp3) is 0.529. The van der Waals surface area contributed by atoms with Gasteiger partial charge < -0.3 is 15.5 Å². The summed E-state index contributed by atoms with van der Waals surface area (Å²) in [6, 6.07) is 9.94. The van der Waals surface area contributed by atoms with E-state index in [4.69, 9.17) is 0 Å². The van der Waals surface area contributed by atoms with E-state index in [1.54, 1.807) is 0 Å². The van der Waals surface area contributed by atoms with Crippen LogP contribution in [0, 0.1) is 0 Å². The van der Waals surface area contributed by atoms with Crippen LogP contribution in [0.15, 0.2) is 35.3 Å².